The second-order valence-electron chi connectivity index (χ2n) is 6.27. The van der Waals surface area contributed by atoms with E-state index in [1.54, 1.807) is 19.2 Å². The molecule has 1 amide bonds. The summed E-state index contributed by atoms with van der Waals surface area (Å²) in [6.45, 7) is 3.92. The summed E-state index contributed by atoms with van der Waals surface area (Å²) in [5.41, 5.74) is 1.76. The van der Waals surface area contributed by atoms with Crippen LogP contribution in [-0.4, -0.2) is 29.1 Å². The predicted octanol–water partition coefficient (Wildman–Crippen LogP) is 4.27. The fraction of sp³-hybridized carbons (Fsp3) is 0.190. The topological polar surface area (TPSA) is 85.4 Å². The van der Waals surface area contributed by atoms with Crippen molar-refractivity contribution in [2.24, 2.45) is 0 Å². The Morgan fingerprint density at radius 2 is 1.68 bits per heavy atom. The predicted molar refractivity (Wildman–Crippen MR) is 108 cm³/mol. The van der Waals surface area contributed by atoms with E-state index < -0.39 is 0 Å². The molecule has 28 heavy (non-hydrogen) atoms. The van der Waals surface area contributed by atoms with Gasteiger partial charge in [0, 0.05) is 18.1 Å². The van der Waals surface area contributed by atoms with Gasteiger partial charge in [-0.05, 0) is 50.2 Å². The van der Waals surface area contributed by atoms with Crippen molar-refractivity contribution in [2.75, 3.05) is 17.7 Å². The van der Waals surface area contributed by atoms with Crippen molar-refractivity contribution in [2.45, 2.75) is 20.0 Å². The number of hydrogen-bond acceptors (Lipinski definition) is 6. The molecular formula is C21H22N4O3. The highest BCUT2D eigenvalue weighted by Crippen LogP contribution is 2.25. The molecule has 0 bridgehead atoms. The average molecular weight is 378 g/mol. The molecule has 2 aromatic carbocycles. The van der Waals surface area contributed by atoms with Crippen LogP contribution < -0.4 is 20.1 Å². The van der Waals surface area contributed by atoms with Crippen LogP contribution in [0.2, 0.25) is 0 Å². The number of benzene rings is 2. The number of carbonyl (C=O) groups excluding carboxylic acids is 1. The maximum Gasteiger partial charge on any atom is 0.258 e. The molecule has 0 atom stereocenters. The molecule has 1 heterocycles. The van der Waals surface area contributed by atoms with Crippen molar-refractivity contribution in [1.82, 2.24) is 9.97 Å². The quantitative estimate of drug-likeness (QED) is 0.639. The van der Waals surface area contributed by atoms with Crippen LogP contribution in [0, 0.1) is 0 Å². The van der Waals surface area contributed by atoms with Crippen LogP contribution in [0.5, 0.6) is 11.5 Å². The van der Waals surface area contributed by atoms with Crippen molar-refractivity contribution in [3.63, 3.8) is 0 Å². The number of hydrogen-bond donors (Lipinski definition) is 2. The lowest BCUT2D eigenvalue weighted by Crippen LogP contribution is -2.13. The van der Waals surface area contributed by atoms with Crippen molar-refractivity contribution >= 4 is 23.2 Å². The smallest absolute Gasteiger partial charge is 0.258 e. The molecule has 3 aromatic rings. The van der Waals surface area contributed by atoms with Crippen molar-refractivity contribution < 1.29 is 14.3 Å². The van der Waals surface area contributed by atoms with E-state index in [1.165, 1.54) is 12.4 Å². The molecule has 2 N–H and O–H groups in total. The van der Waals surface area contributed by atoms with E-state index in [0.717, 1.165) is 11.4 Å². The Labute approximate surface area is 163 Å². The van der Waals surface area contributed by atoms with E-state index in [4.69, 9.17) is 9.47 Å². The number of nitrogens with one attached hydrogen (secondary N) is 2. The molecule has 3 rings (SSSR count). The normalized spacial score (nSPS) is 10.4. The van der Waals surface area contributed by atoms with Crippen LogP contribution in [0.15, 0.2) is 60.9 Å². The highest BCUT2D eigenvalue weighted by atomic mass is 16.5. The van der Waals surface area contributed by atoms with E-state index in [-0.39, 0.29) is 12.0 Å². The molecule has 7 heteroatoms. The zero-order chi connectivity index (χ0) is 19.9. The molecular weight excluding hydrogens is 356 g/mol. The summed E-state index contributed by atoms with van der Waals surface area (Å²) in [7, 11) is 1.59. The standard InChI is InChI=1S/C21H22N4O3/c1-14(2)28-17-10-8-16(9-11-17)24-20(26)15-12-22-21(23-13-15)25-18-6-4-5-7-19(18)27-3/h4-14H,1-3H3,(H,24,26)(H,22,23,25). The van der Waals surface area contributed by atoms with Crippen LogP contribution >= 0.6 is 0 Å². The largest absolute Gasteiger partial charge is 0.495 e. The second kappa shape index (κ2) is 8.85. The number of ether oxygens (including phenoxy) is 2. The van der Waals surface area contributed by atoms with Crippen molar-refractivity contribution in [1.29, 1.82) is 0 Å². The maximum atomic E-state index is 12.4. The molecule has 0 aliphatic rings. The lowest BCUT2D eigenvalue weighted by atomic mass is 10.2. The van der Waals surface area contributed by atoms with E-state index in [9.17, 15) is 4.79 Å². The van der Waals surface area contributed by atoms with Gasteiger partial charge in [0.1, 0.15) is 11.5 Å². The van der Waals surface area contributed by atoms with Gasteiger partial charge in [-0.3, -0.25) is 4.79 Å². The lowest BCUT2D eigenvalue weighted by molar-refractivity contribution is 0.102. The van der Waals surface area contributed by atoms with Crippen LogP contribution in [0.1, 0.15) is 24.2 Å². The van der Waals surface area contributed by atoms with Gasteiger partial charge in [0.15, 0.2) is 0 Å². The Balaban J connectivity index is 1.63. The van der Waals surface area contributed by atoms with Crippen LogP contribution in [0.3, 0.4) is 0 Å². The van der Waals surface area contributed by atoms with Gasteiger partial charge in [-0.15, -0.1) is 0 Å². The SMILES string of the molecule is COc1ccccc1Nc1ncc(C(=O)Nc2ccc(OC(C)C)cc2)cn1. The molecule has 0 spiro atoms. The van der Waals surface area contributed by atoms with E-state index in [0.29, 0.717) is 22.9 Å². The average Bonchev–Trinajstić information content (AvgIpc) is 2.70. The highest BCUT2D eigenvalue weighted by Gasteiger charge is 2.09. The van der Waals surface area contributed by atoms with Crippen LogP contribution in [0.4, 0.5) is 17.3 Å². The molecule has 144 valence electrons. The Bertz CT molecular complexity index is 925. The number of para-hydroxylation sites is 2. The minimum absolute atomic E-state index is 0.0977. The molecule has 7 nitrogen and oxygen atoms in total. The number of amides is 1. The summed E-state index contributed by atoms with van der Waals surface area (Å²) in [5.74, 6) is 1.51. The molecule has 0 unspecified atom stereocenters. The highest BCUT2D eigenvalue weighted by molar-refractivity contribution is 6.03. The van der Waals surface area contributed by atoms with Gasteiger partial charge in [-0.1, -0.05) is 12.1 Å². The number of carbonyl (C=O) groups is 1. The second-order valence-corrected chi connectivity index (χ2v) is 6.27. The summed E-state index contributed by atoms with van der Waals surface area (Å²) in [5, 5.41) is 5.88. The molecule has 0 saturated carbocycles. The van der Waals surface area contributed by atoms with Crippen molar-refractivity contribution in [3.8, 4) is 11.5 Å². The first-order valence-electron chi connectivity index (χ1n) is 8.85. The minimum atomic E-state index is -0.290. The number of aromatic nitrogens is 2. The summed E-state index contributed by atoms with van der Waals surface area (Å²) in [6.07, 6.45) is 3.03. The van der Waals surface area contributed by atoms with E-state index in [2.05, 4.69) is 20.6 Å². The van der Waals surface area contributed by atoms with E-state index >= 15 is 0 Å². The first-order valence-corrected chi connectivity index (χ1v) is 8.85. The molecule has 0 aliphatic heterocycles. The number of nitrogens with zero attached hydrogens (tertiary/aromatic N) is 2. The van der Waals surface area contributed by atoms with Gasteiger partial charge < -0.3 is 20.1 Å². The van der Waals surface area contributed by atoms with Gasteiger partial charge in [-0.25, -0.2) is 9.97 Å². The third-order valence-corrected chi connectivity index (χ3v) is 3.75. The minimum Gasteiger partial charge on any atom is -0.495 e. The first-order chi connectivity index (χ1) is 13.5. The Hall–Kier alpha value is -3.61. The number of anilines is 3. The molecule has 0 radical (unpaired) electrons. The van der Waals surface area contributed by atoms with Gasteiger partial charge in [0.25, 0.3) is 5.91 Å². The fourth-order valence-corrected chi connectivity index (χ4v) is 2.47. The Kier molecular flexibility index (Phi) is 6.06. The maximum absolute atomic E-state index is 12.4. The van der Waals surface area contributed by atoms with Gasteiger partial charge in [-0.2, -0.15) is 0 Å². The Morgan fingerprint density at radius 1 is 1.00 bits per heavy atom. The molecule has 0 aliphatic carbocycles. The van der Waals surface area contributed by atoms with E-state index in [1.807, 2.05) is 50.2 Å². The summed E-state index contributed by atoms with van der Waals surface area (Å²) in [4.78, 5) is 20.8. The van der Waals surface area contributed by atoms with Gasteiger partial charge in [0.2, 0.25) is 5.95 Å². The number of rotatable bonds is 7. The molecule has 0 saturated heterocycles. The number of methoxy groups -OCH3 is 1. The molecule has 1 aromatic heterocycles. The van der Waals surface area contributed by atoms with Gasteiger partial charge >= 0.3 is 0 Å². The summed E-state index contributed by atoms with van der Waals surface area (Å²) >= 11 is 0. The first kappa shape index (κ1) is 19.2. The summed E-state index contributed by atoms with van der Waals surface area (Å²) in [6, 6.07) is 14.6. The van der Waals surface area contributed by atoms with Crippen molar-refractivity contribution in [3.05, 3.63) is 66.5 Å². The fourth-order valence-electron chi connectivity index (χ4n) is 2.47. The van der Waals surface area contributed by atoms with Crippen LogP contribution in [-0.2, 0) is 0 Å². The zero-order valence-electron chi connectivity index (χ0n) is 16.0. The monoisotopic (exact) mass is 378 g/mol. The zero-order valence-corrected chi connectivity index (χ0v) is 16.0. The third-order valence-electron chi connectivity index (χ3n) is 3.75. The molecule has 0 fully saturated rings. The lowest BCUT2D eigenvalue weighted by Gasteiger charge is -2.11. The summed E-state index contributed by atoms with van der Waals surface area (Å²) < 4.78 is 10.9. The Morgan fingerprint density at radius 3 is 2.32 bits per heavy atom. The third kappa shape index (κ3) is 4.97. The van der Waals surface area contributed by atoms with Gasteiger partial charge in [0.05, 0.1) is 24.5 Å². The van der Waals surface area contributed by atoms with Crippen LogP contribution in [0.25, 0.3) is 0 Å².